The number of hydrogen-bond donors (Lipinski definition) is 0. The molecule has 0 saturated heterocycles. The first kappa shape index (κ1) is 47.1. The van der Waals surface area contributed by atoms with Crippen LogP contribution in [0.4, 0.5) is 27.8 Å². The number of rotatable bonds is 15. The van der Waals surface area contributed by atoms with Gasteiger partial charge in [-0.2, -0.15) is 9.84 Å². The summed E-state index contributed by atoms with van der Waals surface area (Å²) < 4.78 is 8.21. The Balaban J connectivity index is 1.24. The fourth-order valence-electron chi connectivity index (χ4n) is 10.5. The van der Waals surface area contributed by atoms with Crippen molar-refractivity contribution < 1.29 is 14.1 Å². The average Bonchev–Trinajstić information content (AvgIpc) is 3.77. The standard InChI is InChI=1S/C62H63N4O2S/c1-45(2)62(67)68-43-42-46(3)64(50-24-12-5-13-25-50)61-57(44-63)59(47-22-10-4-11-23-47)60(69-61)58(48-34-38-55(39-35-48)65(51-26-14-6-15-27-51)52-28-16-7-17-29-52)49-36-40-56(41-37-49)66(53-30-18-8-19-31-53)54-32-20-9-21-33-54/h4-6,8,10-15,18-19,22-27,30-31,34-41,46,52,54H,1,7,9,16-17,20-21,28-29,32-33,42-43H2,2-3H3/q+1. The fourth-order valence-corrected chi connectivity index (χ4v) is 12.0. The zero-order valence-electron chi connectivity index (χ0n) is 40.1. The van der Waals surface area contributed by atoms with Crippen molar-refractivity contribution in [3.63, 3.8) is 0 Å². The van der Waals surface area contributed by atoms with Crippen LogP contribution in [-0.4, -0.2) is 41.0 Å². The molecule has 1 aromatic heterocycles. The van der Waals surface area contributed by atoms with E-state index in [0.29, 0.717) is 29.6 Å². The van der Waals surface area contributed by atoms with E-state index in [0.717, 1.165) is 43.4 Å². The van der Waals surface area contributed by atoms with Gasteiger partial charge in [0.25, 0.3) is 0 Å². The molecule has 1 atom stereocenters. The molecule has 1 unspecified atom stereocenters. The molecule has 7 heteroatoms. The summed E-state index contributed by atoms with van der Waals surface area (Å²) in [7, 11) is 0. The van der Waals surface area contributed by atoms with Crippen molar-refractivity contribution in [2.45, 2.75) is 103 Å². The lowest BCUT2D eigenvalue weighted by Crippen LogP contribution is -2.32. The highest BCUT2D eigenvalue weighted by atomic mass is 32.1. The quantitative estimate of drug-likeness (QED) is 0.0583. The first-order chi connectivity index (χ1) is 33.9. The van der Waals surface area contributed by atoms with E-state index in [9.17, 15) is 10.1 Å². The number of carbonyl (C=O) groups excluding carboxylic acids is 1. The summed E-state index contributed by atoms with van der Waals surface area (Å²) in [4.78, 5) is 18.4. The summed E-state index contributed by atoms with van der Waals surface area (Å²) in [6.45, 7) is 7.81. The highest BCUT2D eigenvalue weighted by molar-refractivity contribution is 7.18. The molecule has 0 radical (unpaired) electrons. The second-order valence-electron chi connectivity index (χ2n) is 18.7. The summed E-state index contributed by atoms with van der Waals surface area (Å²) >= 11 is 1.66. The van der Waals surface area contributed by atoms with Crippen LogP contribution < -0.4 is 9.80 Å². The van der Waals surface area contributed by atoms with E-state index >= 15 is 0 Å². The second-order valence-corrected chi connectivity index (χ2v) is 19.7. The molecule has 5 aromatic carbocycles. The van der Waals surface area contributed by atoms with Gasteiger partial charge in [0.15, 0.2) is 6.04 Å². The summed E-state index contributed by atoms with van der Waals surface area (Å²) in [6.07, 6.45) is 22.0. The summed E-state index contributed by atoms with van der Waals surface area (Å²) in [6, 6.07) is 55.0. The van der Waals surface area contributed by atoms with Gasteiger partial charge in [0.05, 0.1) is 12.2 Å². The van der Waals surface area contributed by atoms with E-state index in [4.69, 9.17) is 4.74 Å². The summed E-state index contributed by atoms with van der Waals surface area (Å²) in [5, 5.41) is 12.3. The van der Waals surface area contributed by atoms with E-state index in [1.54, 1.807) is 18.3 Å². The first-order valence-electron chi connectivity index (χ1n) is 25.0. The van der Waals surface area contributed by atoms with Crippen LogP contribution in [0.5, 0.6) is 0 Å². The number of benzene rings is 5. The van der Waals surface area contributed by atoms with Crippen LogP contribution in [0, 0.1) is 11.3 Å². The van der Waals surface area contributed by atoms with Gasteiger partial charge in [-0.15, -0.1) is 11.3 Å². The Labute approximate surface area is 413 Å². The number of allylic oxidation sites excluding steroid dienone is 5. The van der Waals surface area contributed by atoms with Crippen molar-refractivity contribution in [1.82, 2.24) is 0 Å². The molecule has 6 aromatic rings. The van der Waals surface area contributed by atoms with Crippen molar-refractivity contribution >= 4 is 56.3 Å². The molecule has 69 heavy (non-hydrogen) atoms. The lowest BCUT2D eigenvalue weighted by atomic mass is 9.89. The van der Waals surface area contributed by atoms with Gasteiger partial charge in [-0.1, -0.05) is 129 Å². The Morgan fingerprint density at radius 3 is 1.87 bits per heavy atom. The smallest absolute Gasteiger partial charge is 0.333 e. The van der Waals surface area contributed by atoms with Crippen LogP contribution in [0.15, 0.2) is 188 Å². The van der Waals surface area contributed by atoms with Crippen molar-refractivity contribution in [1.29, 1.82) is 5.26 Å². The Morgan fingerprint density at radius 1 is 0.725 bits per heavy atom. The maximum atomic E-state index is 12.5. The Morgan fingerprint density at radius 2 is 1.28 bits per heavy atom. The molecule has 6 nitrogen and oxygen atoms in total. The molecule has 3 aliphatic rings. The number of thiophene rings is 1. The summed E-state index contributed by atoms with van der Waals surface area (Å²) in [5.41, 5.74) is 11.9. The lowest BCUT2D eigenvalue weighted by Gasteiger charge is -2.36. The lowest BCUT2D eigenvalue weighted by molar-refractivity contribution is -0.488. The van der Waals surface area contributed by atoms with Gasteiger partial charge >= 0.3 is 5.97 Å². The molecule has 0 amide bonds. The van der Waals surface area contributed by atoms with Gasteiger partial charge in [-0.05, 0) is 105 Å². The molecule has 2 fully saturated rings. The van der Waals surface area contributed by atoms with E-state index in [1.165, 1.54) is 87.0 Å². The van der Waals surface area contributed by atoms with Crippen LogP contribution in [0.3, 0.4) is 0 Å². The van der Waals surface area contributed by atoms with Crippen LogP contribution in [-0.2, 0) is 9.53 Å². The predicted octanol–water partition coefficient (Wildman–Crippen LogP) is 15.8. The Bertz CT molecular complexity index is 2860. The van der Waals surface area contributed by atoms with Gasteiger partial charge in [-0.3, -0.25) is 0 Å². The molecule has 0 bridgehead atoms. The summed E-state index contributed by atoms with van der Waals surface area (Å²) in [5.74, 6) is -0.400. The SMILES string of the molecule is C=C(C)C(=O)OCCC(C)N(c1ccccc1)c1sc(C(=C2C=CC(=[N+](c3ccccc3)C3CCCCC3)C=C2)c2ccc(N(c3ccccc3)C3CCCCC3)cc2)c(-c2ccccc2)c1C#N. The van der Waals surface area contributed by atoms with Gasteiger partial charge < -0.3 is 14.5 Å². The number of esters is 1. The maximum absolute atomic E-state index is 12.5. The van der Waals surface area contributed by atoms with Gasteiger partial charge in [0.2, 0.25) is 11.4 Å². The molecular formula is C62H63N4O2S+. The van der Waals surface area contributed by atoms with Crippen LogP contribution in [0.1, 0.15) is 100 Å². The third-order valence-corrected chi connectivity index (χ3v) is 15.1. The Hall–Kier alpha value is -7.01. The normalized spacial score (nSPS) is 15.6. The molecule has 9 rings (SSSR count). The van der Waals surface area contributed by atoms with Crippen molar-refractivity contribution in [3.8, 4) is 17.2 Å². The minimum absolute atomic E-state index is 0.137. The van der Waals surface area contributed by atoms with E-state index in [-0.39, 0.29) is 12.6 Å². The zero-order valence-corrected chi connectivity index (χ0v) is 40.9. The number of para-hydroxylation sites is 3. The first-order valence-corrected chi connectivity index (χ1v) is 25.8. The van der Waals surface area contributed by atoms with E-state index < -0.39 is 5.97 Å². The minimum Gasteiger partial charge on any atom is -0.462 e. The molecular weight excluding hydrogens is 865 g/mol. The number of nitriles is 1. The molecule has 3 aliphatic carbocycles. The molecule has 0 spiro atoms. The van der Waals surface area contributed by atoms with Gasteiger partial charge in [-0.25, -0.2) is 4.79 Å². The molecule has 0 N–H and O–H groups in total. The predicted molar refractivity (Wildman–Crippen MR) is 287 cm³/mol. The Kier molecular flexibility index (Phi) is 15.3. The van der Waals surface area contributed by atoms with Gasteiger partial charge in [0.1, 0.15) is 11.1 Å². The topological polar surface area (TPSA) is 59.6 Å². The van der Waals surface area contributed by atoms with E-state index in [1.807, 2.05) is 24.3 Å². The second kappa shape index (κ2) is 22.4. The van der Waals surface area contributed by atoms with Crippen LogP contribution >= 0.6 is 11.3 Å². The average molecular weight is 928 g/mol. The molecule has 348 valence electrons. The maximum Gasteiger partial charge on any atom is 0.333 e. The number of nitrogens with zero attached hydrogens (tertiary/aromatic N) is 4. The number of carbonyl (C=O) groups is 1. The zero-order chi connectivity index (χ0) is 47.5. The van der Waals surface area contributed by atoms with Crippen LogP contribution in [0.25, 0.3) is 16.7 Å². The fraction of sp³-hybridized carbons (Fsp3) is 0.274. The monoisotopic (exact) mass is 927 g/mol. The third kappa shape index (κ3) is 10.7. The van der Waals surface area contributed by atoms with Crippen molar-refractivity contribution in [2.75, 3.05) is 16.4 Å². The minimum atomic E-state index is -0.400. The van der Waals surface area contributed by atoms with Crippen molar-refractivity contribution in [3.05, 3.63) is 204 Å². The van der Waals surface area contributed by atoms with E-state index in [2.05, 4.69) is 180 Å². The van der Waals surface area contributed by atoms with Crippen molar-refractivity contribution in [2.24, 2.45) is 0 Å². The van der Waals surface area contributed by atoms with Gasteiger partial charge in [0, 0.05) is 94.3 Å². The highest BCUT2D eigenvalue weighted by Crippen LogP contribution is 2.50. The number of ether oxygens (including phenoxy) is 1. The molecule has 0 aliphatic heterocycles. The third-order valence-electron chi connectivity index (χ3n) is 13.9. The largest absolute Gasteiger partial charge is 0.462 e. The number of hydrogen-bond acceptors (Lipinski definition) is 6. The highest BCUT2D eigenvalue weighted by Gasteiger charge is 2.32. The number of anilines is 4. The molecule has 2 saturated carbocycles. The van der Waals surface area contributed by atoms with Crippen LogP contribution in [0.2, 0.25) is 0 Å². The molecule has 1 heterocycles.